The summed E-state index contributed by atoms with van der Waals surface area (Å²) in [5, 5.41) is 6.77. The van der Waals surface area contributed by atoms with Crippen LogP contribution in [-0.2, 0) is 17.7 Å². The molecule has 0 aliphatic carbocycles. The summed E-state index contributed by atoms with van der Waals surface area (Å²) in [6, 6.07) is 19.3. The molecule has 0 amide bonds. The molecule has 0 spiro atoms. The van der Waals surface area contributed by atoms with Gasteiger partial charge in [-0.2, -0.15) is 0 Å². The summed E-state index contributed by atoms with van der Waals surface area (Å²) in [7, 11) is 0. The van der Waals surface area contributed by atoms with Gasteiger partial charge in [0.05, 0.1) is 19.8 Å². The molecule has 6 heteroatoms. The second kappa shape index (κ2) is 13.4. The molecule has 2 aromatic carbocycles. The lowest BCUT2D eigenvalue weighted by molar-refractivity contribution is 0.122. The van der Waals surface area contributed by atoms with E-state index in [9.17, 15) is 0 Å². The fraction of sp³-hybridized carbons (Fsp3) is 0.435. The van der Waals surface area contributed by atoms with Crippen LogP contribution >= 0.6 is 24.0 Å². The fourth-order valence-electron chi connectivity index (χ4n) is 3.29. The minimum absolute atomic E-state index is 0. The van der Waals surface area contributed by atoms with Gasteiger partial charge >= 0.3 is 0 Å². The van der Waals surface area contributed by atoms with Crippen molar-refractivity contribution in [1.82, 2.24) is 10.6 Å². The number of guanidine groups is 1. The van der Waals surface area contributed by atoms with Crippen molar-refractivity contribution in [2.24, 2.45) is 4.99 Å². The van der Waals surface area contributed by atoms with Crippen molar-refractivity contribution in [3.8, 4) is 0 Å². The number of hydrogen-bond acceptors (Lipinski definition) is 3. The van der Waals surface area contributed by atoms with Crippen LogP contribution < -0.4 is 15.5 Å². The number of hydrogen-bond donors (Lipinski definition) is 2. The molecule has 0 radical (unpaired) electrons. The third kappa shape index (κ3) is 8.22. The summed E-state index contributed by atoms with van der Waals surface area (Å²) in [6.07, 6.45) is 2.17. The van der Waals surface area contributed by atoms with Crippen molar-refractivity contribution < 1.29 is 4.74 Å². The Labute approximate surface area is 192 Å². The molecule has 0 atom stereocenters. The quantitative estimate of drug-likeness (QED) is 0.246. The van der Waals surface area contributed by atoms with Gasteiger partial charge in [-0.05, 0) is 43.0 Å². The number of benzene rings is 2. The molecule has 1 aliphatic heterocycles. The van der Waals surface area contributed by atoms with Crippen LogP contribution in [0.2, 0.25) is 0 Å². The molecule has 0 saturated carbocycles. The molecule has 1 heterocycles. The second-order valence-corrected chi connectivity index (χ2v) is 6.98. The molecule has 0 unspecified atom stereocenters. The molecule has 5 nitrogen and oxygen atoms in total. The van der Waals surface area contributed by atoms with Gasteiger partial charge in [-0.15, -0.1) is 24.0 Å². The van der Waals surface area contributed by atoms with Gasteiger partial charge in [-0.25, -0.2) is 4.99 Å². The summed E-state index contributed by atoms with van der Waals surface area (Å²) in [5.74, 6) is 0.882. The minimum atomic E-state index is 0. The molecule has 3 rings (SSSR count). The molecule has 158 valence electrons. The zero-order chi connectivity index (χ0) is 19.4. The minimum Gasteiger partial charge on any atom is -0.378 e. The Morgan fingerprint density at radius 2 is 1.69 bits per heavy atom. The topological polar surface area (TPSA) is 48.9 Å². The van der Waals surface area contributed by atoms with E-state index in [0.29, 0.717) is 6.54 Å². The van der Waals surface area contributed by atoms with Crippen LogP contribution in [0.3, 0.4) is 0 Å². The standard InChI is InChI=1S/C23H32N4O.HI/c1-2-24-23(25-14-6-9-20-7-4-3-5-8-20)26-19-21-10-12-22(13-11-21)27-15-17-28-18-16-27;/h3-5,7-8,10-13H,2,6,9,14-19H2,1H3,(H2,24,25,26);1H. The fourth-order valence-corrected chi connectivity index (χ4v) is 3.29. The van der Waals surface area contributed by atoms with Gasteiger partial charge in [0.15, 0.2) is 5.96 Å². The molecule has 0 bridgehead atoms. The molecule has 2 aromatic rings. The molecule has 1 saturated heterocycles. The van der Waals surface area contributed by atoms with E-state index in [1.54, 1.807) is 0 Å². The van der Waals surface area contributed by atoms with Crippen LogP contribution in [0.1, 0.15) is 24.5 Å². The van der Waals surface area contributed by atoms with E-state index in [0.717, 1.165) is 58.2 Å². The molecule has 29 heavy (non-hydrogen) atoms. The molecule has 2 N–H and O–H groups in total. The van der Waals surface area contributed by atoms with Gasteiger partial charge < -0.3 is 20.3 Å². The Morgan fingerprint density at radius 1 is 0.966 bits per heavy atom. The van der Waals surface area contributed by atoms with Crippen molar-refractivity contribution in [2.75, 3.05) is 44.3 Å². The Kier molecular flexibility index (Phi) is 10.9. The normalized spacial score (nSPS) is 14.2. The van der Waals surface area contributed by atoms with E-state index >= 15 is 0 Å². The van der Waals surface area contributed by atoms with Crippen molar-refractivity contribution >= 4 is 35.6 Å². The first-order valence-electron chi connectivity index (χ1n) is 10.3. The lowest BCUT2D eigenvalue weighted by Gasteiger charge is -2.28. The predicted molar refractivity (Wildman–Crippen MR) is 132 cm³/mol. The Balaban J connectivity index is 0.00000300. The van der Waals surface area contributed by atoms with Gasteiger partial charge in [-0.1, -0.05) is 42.5 Å². The van der Waals surface area contributed by atoms with Crippen LogP contribution in [0.4, 0.5) is 5.69 Å². The number of rotatable bonds is 8. The van der Waals surface area contributed by atoms with Gasteiger partial charge in [-0.3, -0.25) is 0 Å². The first-order chi connectivity index (χ1) is 13.8. The highest BCUT2D eigenvalue weighted by atomic mass is 127. The van der Waals surface area contributed by atoms with Crippen molar-refractivity contribution in [3.05, 3.63) is 65.7 Å². The number of halogens is 1. The highest BCUT2D eigenvalue weighted by Crippen LogP contribution is 2.17. The number of morpholine rings is 1. The lowest BCUT2D eigenvalue weighted by atomic mass is 10.1. The van der Waals surface area contributed by atoms with Gasteiger partial charge in [0.2, 0.25) is 0 Å². The lowest BCUT2D eigenvalue weighted by Crippen LogP contribution is -2.37. The molecule has 1 fully saturated rings. The zero-order valence-corrected chi connectivity index (χ0v) is 19.6. The van der Waals surface area contributed by atoms with Crippen LogP contribution in [0.15, 0.2) is 59.6 Å². The van der Waals surface area contributed by atoms with Gasteiger partial charge in [0.1, 0.15) is 0 Å². The van der Waals surface area contributed by atoms with Crippen molar-refractivity contribution in [2.45, 2.75) is 26.3 Å². The SMILES string of the molecule is CCNC(=NCc1ccc(N2CCOCC2)cc1)NCCCc1ccccc1.I. The third-order valence-electron chi connectivity index (χ3n) is 4.85. The Bertz CT molecular complexity index is 715. The molecular formula is C23H33IN4O. The summed E-state index contributed by atoms with van der Waals surface area (Å²) in [6.45, 7) is 8.11. The highest BCUT2D eigenvalue weighted by molar-refractivity contribution is 14.0. The van der Waals surface area contributed by atoms with Crippen LogP contribution in [0.5, 0.6) is 0 Å². The number of aliphatic imine (C=N–C) groups is 1. The molecular weight excluding hydrogens is 475 g/mol. The van der Waals surface area contributed by atoms with E-state index in [2.05, 4.69) is 77.1 Å². The first kappa shape index (κ1) is 23.5. The number of anilines is 1. The van der Waals surface area contributed by atoms with Crippen molar-refractivity contribution in [1.29, 1.82) is 0 Å². The number of aryl methyl sites for hydroxylation is 1. The highest BCUT2D eigenvalue weighted by Gasteiger charge is 2.10. The Morgan fingerprint density at radius 3 is 2.38 bits per heavy atom. The smallest absolute Gasteiger partial charge is 0.191 e. The van der Waals surface area contributed by atoms with Gasteiger partial charge in [0, 0.05) is 31.9 Å². The average molecular weight is 508 g/mol. The second-order valence-electron chi connectivity index (χ2n) is 6.98. The number of nitrogens with zero attached hydrogens (tertiary/aromatic N) is 2. The maximum atomic E-state index is 5.42. The van der Waals surface area contributed by atoms with Gasteiger partial charge in [0.25, 0.3) is 0 Å². The average Bonchev–Trinajstić information content (AvgIpc) is 2.76. The first-order valence-corrected chi connectivity index (χ1v) is 10.3. The summed E-state index contributed by atoms with van der Waals surface area (Å²) < 4.78 is 5.42. The predicted octanol–water partition coefficient (Wildman–Crippen LogP) is 3.83. The summed E-state index contributed by atoms with van der Waals surface area (Å²) in [4.78, 5) is 7.10. The monoisotopic (exact) mass is 508 g/mol. The maximum Gasteiger partial charge on any atom is 0.191 e. The molecule has 0 aromatic heterocycles. The van der Waals surface area contributed by atoms with E-state index in [4.69, 9.17) is 9.73 Å². The van der Waals surface area contributed by atoms with Crippen molar-refractivity contribution in [3.63, 3.8) is 0 Å². The van der Waals surface area contributed by atoms with E-state index in [-0.39, 0.29) is 24.0 Å². The molecule has 1 aliphatic rings. The summed E-state index contributed by atoms with van der Waals surface area (Å²) >= 11 is 0. The van der Waals surface area contributed by atoms with Crippen LogP contribution in [0, 0.1) is 0 Å². The van der Waals surface area contributed by atoms with Crippen LogP contribution in [-0.4, -0.2) is 45.4 Å². The summed E-state index contributed by atoms with van der Waals surface area (Å²) in [5.41, 5.74) is 3.87. The number of nitrogens with one attached hydrogen (secondary N) is 2. The Hall–Kier alpha value is -1.80. The largest absolute Gasteiger partial charge is 0.378 e. The van der Waals surface area contributed by atoms with E-state index < -0.39 is 0 Å². The van der Waals surface area contributed by atoms with E-state index in [1.165, 1.54) is 16.8 Å². The maximum absolute atomic E-state index is 5.42. The number of ether oxygens (including phenoxy) is 1. The van der Waals surface area contributed by atoms with Crippen LogP contribution in [0.25, 0.3) is 0 Å². The zero-order valence-electron chi connectivity index (χ0n) is 17.3. The third-order valence-corrected chi connectivity index (χ3v) is 4.85. The van der Waals surface area contributed by atoms with E-state index in [1.807, 2.05) is 0 Å².